The number of nitrogens with zero attached hydrogens (tertiary/aromatic N) is 2. The highest BCUT2D eigenvalue weighted by atomic mass is 35.5. The highest BCUT2D eigenvalue weighted by Gasteiger charge is 2.22. The predicted molar refractivity (Wildman–Crippen MR) is 80.2 cm³/mol. The largest absolute Gasteiger partial charge is 0.382 e. The van der Waals surface area contributed by atoms with Gasteiger partial charge in [-0.15, -0.1) is 0 Å². The third-order valence-corrected chi connectivity index (χ3v) is 2.97. The average molecular weight is 313 g/mol. The fraction of sp³-hybridized carbons (Fsp3) is 0.0833. The summed E-state index contributed by atoms with van der Waals surface area (Å²) in [5.74, 6) is 0.0640. The molecular formula is C12H10Cl2N4O2. The number of anilines is 3. The van der Waals surface area contributed by atoms with Crippen LogP contribution in [-0.2, 0) is 0 Å². The fourth-order valence-corrected chi connectivity index (χ4v) is 1.96. The monoisotopic (exact) mass is 312 g/mol. The Hall–Kier alpha value is -2.05. The summed E-state index contributed by atoms with van der Waals surface area (Å²) < 4.78 is 0. The van der Waals surface area contributed by atoms with Gasteiger partial charge in [-0.3, -0.25) is 10.1 Å². The summed E-state index contributed by atoms with van der Waals surface area (Å²) >= 11 is 11.6. The molecule has 0 saturated heterocycles. The molecule has 0 aliphatic rings. The van der Waals surface area contributed by atoms with E-state index in [4.69, 9.17) is 23.2 Å². The molecule has 0 atom stereocenters. The molecule has 0 aliphatic carbocycles. The lowest BCUT2D eigenvalue weighted by Crippen LogP contribution is -2.04. The van der Waals surface area contributed by atoms with Crippen molar-refractivity contribution < 1.29 is 4.92 Å². The molecule has 0 saturated carbocycles. The van der Waals surface area contributed by atoms with Crippen molar-refractivity contribution in [2.24, 2.45) is 0 Å². The van der Waals surface area contributed by atoms with E-state index in [0.29, 0.717) is 10.7 Å². The van der Waals surface area contributed by atoms with E-state index in [-0.39, 0.29) is 22.3 Å². The van der Waals surface area contributed by atoms with Crippen LogP contribution in [0.3, 0.4) is 0 Å². The third kappa shape index (κ3) is 3.09. The van der Waals surface area contributed by atoms with E-state index in [1.165, 1.54) is 6.07 Å². The Balaban J connectivity index is 2.47. The zero-order chi connectivity index (χ0) is 14.7. The zero-order valence-electron chi connectivity index (χ0n) is 10.4. The molecule has 1 aromatic heterocycles. The molecule has 0 unspecified atom stereocenters. The van der Waals surface area contributed by atoms with Gasteiger partial charge in [-0.2, -0.15) is 0 Å². The first kappa shape index (κ1) is 14.4. The molecule has 0 bridgehead atoms. The molecule has 1 aromatic carbocycles. The van der Waals surface area contributed by atoms with Crippen molar-refractivity contribution in [1.82, 2.24) is 4.98 Å². The molecule has 0 fully saturated rings. The van der Waals surface area contributed by atoms with Crippen LogP contribution in [0, 0.1) is 10.1 Å². The number of hydrogen-bond donors (Lipinski definition) is 2. The van der Waals surface area contributed by atoms with Crippen LogP contribution in [0.5, 0.6) is 0 Å². The number of pyridine rings is 1. The van der Waals surface area contributed by atoms with Crippen molar-refractivity contribution in [1.29, 1.82) is 0 Å². The number of hydrogen-bond acceptors (Lipinski definition) is 5. The summed E-state index contributed by atoms with van der Waals surface area (Å²) in [5, 5.41) is 17.5. The van der Waals surface area contributed by atoms with E-state index in [2.05, 4.69) is 15.6 Å². The maximum Gasteiger partial charge on any atom is 0.334 e. The van der Waals surface area contributed by atoms with Gasteiger partial charge >= 0.3 is 5.69 Å². The van der Waals surface area contributed by atoms with Crippen LogP contribution in [0.4, 0.5) is 22.9 Å². The van der Waals surface area contributed by atoms with Crippen LogP contribution in [0.2, 0.25) is 10.2 Å². The van der Waals surface area contributed by atoms with Crippen LogP contribution in [0.25, 0.3) is 0 Å². The molecule has 0 aliphatic heterocycles. The minimum Gasteiger partial charge on any atom is -0.382 e. The van der Waals surface area contributed by atoms with Gasteiger partial charge in [0.25, 0.3) is 0 Å². The van der Waals surface area contributed by atoms with Gasteiger partial charge in [0.1, 0.15) is 10.8 Å². The Bertz CT molecular complexity index is 647. The van der Waals surface area contributed by atoms with E-state index in [1.807, 2.05) is 0 Å². The number of rotatable bonds is 4. The molecule has 0 amide bonds. The number of benzene rings is 1. The fourth-order valence-electron chi connectivity index (χ4n) is 1.64. The molecule has 2 rings (SSSR count). The van der Waals surface area contributed by atoms with Gasteiger partial charge in [-0.1, -0.05) is 23.2 Å². The molecule has 2 N–H and O–H groups in total. The SMILES string of the molecule is CNc1cc(Cl)nc(Nc2ccc(Cl)cc2)c1[N+](=O)[O-]. The smallest absolute Gasteiger partial charge is 0.334 e. The highest BCUT2D eigenvalue weighted by molar-refractivity contribution is 6.30. The Kier molecular flexibility index (Phi) is 4.26. The van der Waals surface area contributed by atoms with Gasteiger partial charge in [0, 0.05) is 23.8 Å². The van der Waals surface area contributed by atoms with Crippen molar-refractivity contribution in [2.45, 2.75) is 0 Å². The molecule has 6 nitrogen and oxygen atoms in total. The molecule has 0 spiro atoms. The van der Waals surface area contributed by atoms with E-state index < -0.39 is 4.92 Å². The van der Waals surface area contributed by atoms with Gasteiger partial charge in [0.2, 0.25) is 5.82 Å². The van der Waals surface area contributed by atoms with Crippen molar-refractivity contribution >= 4 is 46.1 Å². The van der Waals surface area contributed by atoms with Crippen LogP contribution in [0.15, 0.2) is 30.3 Å². The second kappa shape index (κ2) is 5.94. The van der Waals surface area contributed by atoms with Crippen LogP contribution < -0.4 is 10.6 Å². The molecule has 104 valence electrons. The van der Waals surface area contributed by atoms with Crippen molar-refractivity contribution in [3.05, 3.63) is 50.6 Å². The van der Waals surface area contributed by atoms with E-state index in [0.717, 1.165) is 0 Å². The second-order valence-electron chi connectivity index (χ2n) is 3.83. The predicted octanol–water partition coefficient (Wildman–Crippen LogP) is 4.08. The lowest BCUT2D eigenvalue weighted by atomic mass is 10.3. The van der Waals surface area contributed by atoms with Crippen molar-refractivity contribution in [3.8, 4) is 0 Å². The summed E-state index contributed by atoms with van der Waals surface area (Å²) in [4.78, 5) is 14.6. The number of aromatic nitrogens is 1. The summed E-state index contributed by atoms with van der Waals surface area (Å²) in [5.41, 5.74) is 0.729. The van der Waals surface area contributed by atoms with Gasteiger partial charge < -0.3 is 10.6 Å². The first-order chi connectivity index (χ1) is 9.51. The van der Waals surface area contributed by atoms with Gasteiger partial charge in [-0.05, 0) is 24.3 Å². The number of halogens is 2. The summed E-state index contributed by atoms with van der Waals surface area (Å²) in [7, 11) is 1.57. The van der Waals surface area contributed by atoms with Gasteiger partial charge in [-0.25, -0.2) is 4.98 Å². The lowest BCUT2D eigenvalue weighted by Gasteiger charge is -2.10. The molecule has 8 heteroatoms. The number of nitrogens with one attached hydrogen (secondary N) is 2. The Morgan fingerprint density at radius 2 is 1.90 bits per heavy atom. The third-order valence-electron chi connectivity index (χ3n) is 2.52. The van der Waals surface area contributed by atoms with Crippen LogP contribution in [-0.4, -0.2) is 17.0 Å². The summed E-state index contributed by atoms with van der Waals surface area (Å²) in [6, 6.07) is 8.10. The Labute approximate surface area is 124 Å². The summed E-state index contributed by atoms with van der Waals surface area (Å²) in [6.45, 7) is 0. The minimum absolute atomic E-state index is 0.0640. The highest BCUT2D eigenvalue weighted by Crippen LogP contribution is 2.35. The summed E-state index contributed by atoms with van der Waals surface area (Å²) in [6.07, 6.45) is 0. The molecule has 2 aromatic rings. The molecule has 0 radical (unpaired) electrons. The standard InChI is InChI=1S/C12H10Cl2N4O2/c1-15-9-6-10(14)17-12(11(9)18(19)20)16-8-4-2-7(13)3-5-8/h2-6H,1H3,(H2,15,16,17). The molecule has 1 heterocycles. The maximum absolute atomic E-state index is 11.2. The van der Waals surface area contributed by atoms with Gasteiger partial charge in [0.15, 0.2) is 0 Å². The second-order valence-corrected chi connectivity index (χ2v) is 4.65. The Morgan fingerprint density at radius 1 is 1.25 bits per heavy atom. The van der Waals surface area contributed by atoms with Gasteiger partial charge in [0.05, 0.1) is 4.92 Å². The Morgan fingerprint density at radius 3 is 2.45 bits per heavy atom. The normalized spacial score (nSPS) is 10.2. The van der Waals surface area contributed by atoms with Crippen molar-refractivity contribution in [2.75, 3.05) is 17.7 Å². The van der Waals surface area contributed by atoms with Crippen LogP contribution >= 0.6 is 23.2 Å². The van der Waals surface area contributed by atoms with E-state index in [9.17, 15) is 10.1 Å². The van der Waals surface area contributed by atoms with Crippen LogP contribution in [0.1, 0.15) is 0 Å². The maximum atomic E-state index is 11.2. The minimum atomic E-state index is -0.520. The average Bonchev–Trinajstić information content (AvgIpc) is 2.40. The zero-order valence-corrected chi connectivity index (χ0v) is 11.9. The number of nitro groups is 1. The van der Waals surface area contributed by atoms with E-state index in [1.54, 1.807) is 31.3 Å². The van der Waals surface area contributed by atoms with E-state index >= 15 is 0 Å². The lowest BCUT2D eigenvalue weighted by molar-refractivity contribution is -0.383. The first-order valence-corrected chi connectivity index (χ1v) is 6.32. The molecular weight excluding hydrogens is 303 g/mol. The quantitative estimate of drug-likeness (QED) is 0.505. The first-order valence-electron chi connectivity index (χ1n) is 5.56. The van der Waals surface area contributed by atoms with Crippen molar-refractivity contribution in [3.63, 3.8) is 0 Å². The molecule has 20 heavy (non-hydrogen) atoms. The topological polar surface area (TPSA) is 80.1 Å².